The number of sulfone groups is 1. The first kappa shape index (κ1) is 25.7. The van der Waals surface area contributed by atoms with Crippen LogP contribution in [-0.2, 0) is 14.6 Å². The summed E-state index contributed by atoms with van der Waals surface area (Å²) in [6.45, 7) is 5.64. The number of nitrogens with zero attached hydrogens (tertiary/aromatic N) is 1. The third-order valence-electron chi connectivity index (χ3n) is 3.25. The van der Waals surface area contributed by atoms with E-state index in [2.05, 4.69) is 15.6 Å². The summed E-state index contributed by atoms with van der Waals surface area (Å²) in [6, 6.07) is 5.47. The second kappa shape index (κ2) is 13.0. The molecule has 0 aliphatic rings. The molecule has 0 bridgehead atoms. The highest BCUT2D eigenvalue weighted by molar-refractivity contribution is 14.0. The fraction of sp³-hybridized carbons (Fsp3) is 0.562. The Morgan fingerprint density at radius 3 is 2.54 bits per heavy atom. The Bertz CT molecular complexity index is 687. The molecular weight excluding hydrogens is 512 g/mol. The number of hydrogen-bond acceptors (Lipinski definition) is 4. The predicted molar refractivity (Wildman–Crippen MR) is 120 cm³/mol. The number of hydrogen-bond donors (Lipinski definition) is 2. The van der Waals surface area contributed by atoms with Crippen molar-refractivity contribution < 1.29 is 13.2 Å². The van der Waals surface area contributed by atoms with Crippen LogP contribution in [0.5, 0.6) is 0 Å². The van der Waals surface area contributed by atoms with Crippen LogP contribution in [0.4, 0.5) is 0 Å². The number of guanidine groups is 1. The first-order valence-corrected chi connectivity index (χ1v) is 10.8. The third kappa shape index (κ3) is 10.8. The zero-order valence-electron chi connectivity index (χ0n) is 15.1. The van der Waals surface area contributed by atoms with Gasteiger partial charge in [-0.15, -0.1) is 24.0 Å². The van der Waals surface area contributed by atoms with Crippen molar-refractivity contribution in [2.45, 2.75) is 19.9 Å². The Morgan fingerprint density at radius 2 is 1.96 bits per heavy atom. The Labute approximate surface area is 183 Å². The zero-order chi connectivity index (χ0) is 18.9. The van der Waals surface area contributed by atoms with Crippen LogP contribution in [0, 0.1) is 0 Å². The first-order valence-electron chi connectivity index (χ1n) is 7.98. The van der Waals surface area contributed by atoms with Crippen molar-refractivity contribution in [2.24, 2.45) is 4.99 Å². The molecule has 1 aromatic carbocycles. The summed E-state index contributed by atoms with van der Waals surface area (Å²) in [7, 11) is -3.00. The smallest absolute Gasteiger partial charge is 0.191 e. The number of ether oxygens (including phenoxy) is 1. The van der Waals surface area contributed by atoms with Crippen molar-refractivity contribution in [3.8, 4) is 0 Å². The minimum atomic E-state index is -3.00. The van der Waals surface area contributed by atoms with Gasteiger partial charge in [0.05, 0.1) is 41.6 Å². The summed E-state index contributed by atoms with van der Waals surface area (Å²) < 4.78 is 27.3. The highest BCUT2D eigenvalue weighted by Gasteiger charge is 2.09. The van der Waals surface area contributed by atoms with E-state index in [4.69, 9.17) is 27.9 Å². The molecule has 2 N–H and O–H groups in total. The van der Waals surface area contributed by atoms with Gasteiger partial charge in [-0.1, -0.05) is 29.3 Å². The molecule has 0 saturated carbocycles. The molecule has 0 spiro atoms. The van der Waals surface area contributed by atoms with E-state index in [0.717, 1.165) is 12.1 Å². The summed E-state index contributed by atoms with van der Waals surface area (Å²) in [5.41, 5.74) is 0.990. The molecule has 0 radical (unpaired) electrons. The monoisotopic (exact) mass is 537 g/mol. The predicted octanol–water partition coefficient (Wildman–Crippen LogP) is 3.29. The molecule has 0 aliphatic carbocycles. The third-order valence-corrected chi connectivity index (χ3v) is 4.89. The summed E-state index contributed by atoms with van der Waals surface area (Å²) in [5, 5.41) is 7.46. The standard InChI is InChI=1S/C16H25Cl2N3O3S.HI/c1-4-19-16(20-7-8-24-9-10-25(3,22)23)21-12(2)13-5-6-14(17)15(18)11-13;/h5-6,11-12H,4,7-10H2,1-3H3,(H2,19,20,21);1H. The second-order valence-electron chi connectivity index (χ2n) is 5.54. The molecule has 1 rings (SSSR count). The van der Waals surface area contributed by atoms with Crippen LogP contribution in [0.1, 0.15) is 25.5 Å². The van der Waals surface area contributed by atoms with Crippen LogP contribution in [0.25, 0.3) is 0 Å². The highest BCUT2D eigenvalue weighted by Crippen LogP contribution is 2.25. The molecule has 150 valence electrons. The van der Waals surface area contributed by atoms with Crippen molar-refractivity contribution in [2.75, 3.05) is 38.3 Å². The van der Waals surface area contributed by atoms with Gasteiger partial charge in [0, 0.05) is 12.8 Å². The SMILES string of the molecule is CCNC(=NCCOCCS(C)(=O)=O)NC(C)c1ccc(Cl)c(Cl)c1.I. The summed E-state index contributed by atoms with van der Waals surface area (Å²) in [4.78, 5) is 4.41. The fourth-order valence-electron chi connectivity index (χ4n) is 1.92. The van der Waals surface area contributed by atoms with Crippen LogP contribution in [0.2, 0.25) is 10.0 Å². The molecule has 0 heterocycles. The average molecular weight is 538 g/mol. The minimum Gasteiger partial charge on any atom is -0.378 e. The fourth-order valence-corrected chi connectivity index (χ4v) is 2.65. The normalized spacial score (nSPS) is 13.0. The van der Waals surface area contributed by atoms with E-state index in [-0.39, 0.29) is 42.4 Å². The summed E-state index contributed by atoms with van der Waals surface area (Å²) in [5.74, 6) is 0.663. The molecule has 0 fully saturated rings. The topological polar surface area (TPSA) is 79.8 Å². The number of rotatable bonds is 9. The number of halogens is 3. The largest absolute Gasteiger partial charge is 0.378 e. The molecule has 10 heteroatoms. The number of nitrogens with one attached hydrogen (secondary N) is 2. The number of aliphatic imine (C=N–C) groups is 1. The molecule has 0 amide bonds. The Kier molecular flexibility index (Phi) is 12.8. The van der Waals surface area contributed by atoms with Gasteiger partial charge in [0.2, 0.25) is 0 Å². The van der Waals surface area contributed by atoms with Crippen molar-refractivity contribution in [1.82, 2.24) is 10.6 Å². The lowest BCUT2D eigenvalue weighted by molar-refractivity contribution is 0.157. The van der Waals surface area contributed by atoms with Crippen molar-refractivity contribution >= 4 is 63.0 Å². The number of benzene rings is 1. The van der Waals surface area contributed by atoms with Gasteiger partial charge in [-0.25, -0.2) is 8.42 Å². The van der Waals surface area contributed by atoms with Gasteiger partial charge >= 0.3 is 0 Å². The van der Waals surface area contributed by atoms with Crippen LogP contribution in [0.15, 0.2) is 23.2 Å². The van der Waals surface area contributed by atoms with Crippen LogP contribution < -0.4 is 10.6 Å². The Balaban J connectivity index is 0.00000625. The van der Waals surface area contributed by atoms with Crippen LogP contribution >= 0.6 is 47.2 Å². The van der Waals surface area contributed by atoms with E-state index in [1.807, 2.05) is 26.0 Å². The van der Waals surface area contributed by atoms with Gasteiger partial charge in [-0.3, -0.25) is 4.99 Å². The maximum absolute atomic E-state index is 11.0. The summed E-state index contributed by atoms with van der Waals surface area (Å²) in [6.07, 6.45) is 1.19. The average Bonchev–Trinajstić information content (AvgIpc) is 2.52. The van der Waals surface area contributed by atoms with Crippen LogP contribution in [-0.4, -0.2) is 52.7 Å². The zero-order valence-corrected chi connectivity index (χ0v) is 19.7. The van der Waals surface area contributed by atoms with Gasteiger partial charge in [0.1, 0.15) is 9.84 Å². The van der Waals surface area contributed by atoms with Gasteiger partial charge in [-0.05, 0) is 31.5 Å². The van der Waals surface area contributed by atoms with E-state index < -0.39 is 9.84 Å². The van der Waals surface area contributed by atoms with E-state index in [1.54, 1.807) is 6.07 Å². The molecule has 0 aromatic heterocycles. The maximum atomic E-state index is 11.0. The lowest BCUT2D eigenvalue weighted by atomic mass is 10.1. The minimum absolute atomic E-state index is 0. The maximum Gasteiger partial charge on any atom is 0.191 e. The molecule has 6 nitrogen and oxygen atoms in total. The van der Waals surface area contributed by atoms with Crippen molar-refractivity contribution in [3.05, 3.63) is 33.8 Å². The molecule has 1 unspecified atom stereocenters. The Morgan fingerprint density at radius 1 is 1.27 bits per heavy atom. The van der Waals surface area contributed by atoms with E-state index in [9.17, 15) is 8.42 Å². The lowest BCUT2D eigenvalue weighted by Gasteiger charge is -2.18. The molecular formula is C16H26Cl2IN3O3S. The summed E-state index contributed by atoms with van der Waals surface area (Å²) >= 11 is 12.0. The van der Waals surface area contributed by atoms with Gasteiger partial charge in [0.15, 0.2) is 5.96 Å². The molecule has 1 atom stereocenters. The van der Waals surface area contributed by atoms with E-state index in [1.165, 1.54) is 6.26 Å². The van der Waals surface area contributed by atoms with Crippen molar-refractivity contribution in [1.29, 1.82) is 0 Å². The van der Waals surface area contributed by atoms with Gasteiger partial charge in [0.25, 0.3) is 0 Å². The Hall–Kier alpha value is -0.290. The second-order valence-corrected chi connectivity index (χ2v) is 8.62. The van der Waals surface area contributed by atoms with Gasteiger partial charge < -0.3 is 15.4 Å². The van der Waals surface area contributed by atoms with Gasteiger partial charge in [-0.2, -0.15) is 0 Å². The molecule has 1 aromatic rings. The van der Waals surface area contributed by atoms with E-state index in [0.29, 0.717) is 29.2 Å². The molecule has 26 heavy (non-hydrogen) atoms. The van der Waals surface area contributed by atoms with Crippen molar-refractivity contribution in [3.63, 3.8) is 0 Å². The quantitative estimate of drug-likeness (QED) is 0.219. The molecule has 0 aliphatic heterocycles. The molecule has 0 saturated heterocycles. The van der Waals surface area contributed by atoms with Crippen LogP contribution in [0.3, 0.4) is 0 Å². The first-order chi connectivity index (χ1) is 11.7. The lowest BCUT2D eigenvalue weighted by Crippen LogP contribution is -2.39. The highest BCUT2D eigenvalue weighted by atomic mass is 127. The van der Waals surface area contributed by atoms with E-state index >= 15 is 0 Å².